The summed E-state index contributed by atoms with van der Waals surface area (Å²) in [5, 5.41) is 7.31. The van der Waals surface area contributed by atoms with Gasteiger partial charge in [-0.3, -0.25) is 5.32 Å². The Labute approximate surface area is 174 Å². The Balaban J connectivity index is 1.47. The molecule has 6 heteroatoms. The van der Waals surface area contributed by atoms with Crippen molar-refractivity contribution in [3.8, 4) is 5.75 Å². The molecule has 1 unspecified atom stereocenters. The van der Waals surface area contributed by atoms with Gasteiger partial charge in [0.05, 0.1) is 25.5 Å². The van der Waals surface area contributed by atoms with E-state index in [4.69, 9.17) is 4.74 Å². The topological polar surface area (TPSA) is 43.0 Å². The molecule has 2 fully saturated rings. The highest BCUT2D eigenvalue weighted by Gasteiger charge is 2.22. The van der Waals surface area contributed by atoms with Crippen LogP contribution in [-0.4, -0.2) is 71.0 Å². The number of rotatable bonds is 5. The molecule has 2 saturated heterocycles. The van der Waals surface area contributed by atoms with Crippen molar-refractivity contribution in [2.75, 3.05) is 75.1 Å². The van der Waals surface area contributed by atoms with Gasteiger partial charge in [0.2, 0.25) is 0 Å². The van der Waals surface area contributed by atoms with E-state index in [1.807, 2.05) is 0 Å². The highest BCUT2D eigenvalue weighted by atomic mass is 16.5. The molecule has 4 rings (SSSR count). The van der Waals surface area contributed by atoms with Gasteiger partial charge in [-0.2, -0.15) is 0 Å². The van der Waals surface area contributed by atoms with Crippen LogP contribution in [0, 0.1) is 6.92 Å². The molecule has 0 saturated carbocycles. The summed E-state index contributed by atoms with van der Waals surface area (Å²) in [5.41, 5.74) is 4.96. The second kappa shape index (κ2) is 8.93. The maximum Gasteiger partial charge on any atom is 0.142 e. The molecule has 1 atom stereocenters. The van der Waals surface area contributed by atoms with Crippen LogP contribution in [0.1, 0.15) is 5.56 Å². The van der Waals surface area contributed by atoms with Crippen molar-refractivity contribution in [1.82, 2.24) is 10.2 Å². The van der Waals surface area contributed by atoms with Crippen molar-refractivity contribution in [2.24, 2.45) is 0 Å². The molecule has 2 N–H and O–H groups in total. The average molecular weight is 396 g/mol. The highest BCUT2D eigenvalue weighted by molar-refractivity contribution is 5.67. The Bertz CT molecular complexity index is 819. The van der Waals surface area contributed by atoms with Crippen LogP contribution < -0.4 is 25.2 Å². The lowest BCUT2D eigenvalue weighted by molar-refractivity contribution is 0.311. The maximum atomic E-state index is 5.65. The zero-order valence-corrected chi connectivity index (χ0v) is 17.8. The summed E-state index contributed by atoms with van der Waals surface area (Å²) in [5.74, 6) is 0.943. The van der Waals surface area contributed by atoms with Crippen molar-refractivity contribution >= 4 is 17.1 Å². The maximum absolute atomic E-state index is 5.65. The predicted octanol–water partition coefficient (Wildman–Crippen LogP) is 2.60. The van der Waals surface area contributed by atoms with Gasteiger partial charge in [0, 0.05) is 50.6 Å². The van der Waals surface area contributed by atoms with Crippen molar-refractivity contribution in [3.63, 3.8) is 0 Å². The number of likely N-dealkylation sites (N-methyl/N-ethyl adjacent to an activating group) is 1. The zero-order valence-electron chi connectivity index (χ0n) is 17.8. The minimum Gasteiger partial charge on any atom is -0.495 e. The third-order valence-electron chi connectivity index (χ3n) is 6.00. The van der Waals surface area contributed by atoms with Gasteiger partial charge in [-0.05, 0) is 43.8 Å². The Kier molecular flexibility index (Phi) is 6.11. The monoisotopic (exact) mass is 395 g/mol. The molecule has 0 bridgehead atoms. The highest BCUT2D eigenvalue weighted by Crippen LogP contribution is 2.32. The third-order valence-corrected chi connectivity index (χ3v) is 6.00. The first kappa shape index (κ1) is 19.9. The quantitative estimate of drug-likeness (QED) is 0.811. The largest absolute Gasteiger partial charge is 0.495 e. The van der Waals surface area contributed by atoms with Gasteiger partial charge in [-0.15, -0.1) is 0 Å². The first-order chi connectivity index (χ1) is 14.1. The fourth-order valence-corrected chi connectivity index (χ4v) is 4.26. The molecule has 2 heterocycles. The van der Waals surface area contributed by atoms with Crippen LogP contribution in [0.2, 0.25) is 0 Å². The summed E-state index contributed by atoms with van der Waals surface area (Å²) in [6.07, 6.45) is 0.206. The number of ether oxygens (including phenoxy) is 1. The minimum absolute atomic E-state index is 0.206. The van der Waals surface area contributed by atoms with E-state index in [0.717, 1.165) is 57.3 Å². The molecular weight excluding hydrogens is 362 g/mol. The number of benzene rings is 2. The van der Waals surface area contributed by atoms with Gasteiger partial charge in [-0.25, -0.2) is 0 Å². The molecule has 156 valence electrons. The van der Waals surface area contributed by atoms with Crippen molar-refractivity contribution < 1.29 is 4.74 Å². The van der Waals surface area contributed by atoms with E-state index in [1.54, 1.807) is 7.11 Å². The predicted molar refractivity (Wildman–Crippen MR) is 122 cm³/mol. The van der Waals surface area contributed by atoms with E-state index in [-0.39, 0.29) is 6.17 Å². The Hall–Kier alpha value is -2.44. The first-order valence-electron chi connectivity index (χ1n) is 10.6. The van der Waals surface area contributed by atoms with E-state index in [0.29, 0.717) is 0 Å². The number of nitrogens with one attached hydrogen (secondary N) is 2. The lowest BCUT2D eigenvalue weighted by Gasteiger charge is -2.37. The van der Waals surface area contributed by atoms with Crippen LogP contribution >= 0.6 is 0 Å². The molecule has 29 heavy (non-hydrogen) atoms. The number of para-hydroxylation sites is 1. The first-order valence-corrected chi connectivity index (χ1v) is 10.6. The third kappa shape index (κ3) is 4.60. The zero-order chi connectivity index (χ0) is 20.2. The molecule has 0 aliphatic carbocycles. The number of aryl methyl sites for hydroxylation is 1. The second-order valence-corrected chi connectivity index (χ2v) is 8.06. The van der Waals surface area contributed by atoms with Crippen molar-refractivity contribution in [3.05, 3.63) is 48.0 Å². The summed E-state index contributed by atoms with van der Waals surface area (Å²) in [6, 6.07) is 15.1. The van der Waals surface area contributed by atoms with Gasteiger partial charge >= 0.3 is 0 Å². The molecule has 2 aliphatic rings. The summed E-state index contributed by atoms with van der Waals surface area (Å²) < 4.78 is 5.65. The van der Waals surface area contributed by atoms with Crippen LogP contribution in [0.15, 0.2) is 42.5 Å². The Morgan fingerprint density at radius 1 is 0.966 bits per heavy atom. The average Bonchev–Trinajstić information content (AvgIpc) is 2.75. The number of hydrogen-bond donors (Lipinski definition) is 2. The summed E-state index contributed by atoms with van der Waals surface area (Å²) in [6.45, 7) is 9.32. The molecular formula is C23H33N5O. The molecule has 0 spiro atoms. The van der Waals surface area contributed by atoms with Gasteiger partial charge < -0.3 is 24.8 Å². The fourth-order valence-electron chi connectivity index (χ4n) is 4.26. The fraction of sp³-hybridized carbons (Fsp3) is 0.478. The summed E-state index contributed by atoms with van der Waals surface area (Å²) in [7, 11) is 3.94. The molecule has 2 aromatic carbocycles. The van der Waals surface area contributed by atoms with Gasteiger partial charge in [0.25, 0.3) is 0 Å². The van der Waals surface area contributed by atoms with E-state index in [2.05, 4.69) is 81.8 Å². The second-order valence-electron chi connectivity index (χ2n) is 8.06. The van der Waals surface area contributed by atoms with E-state index in [1.165, 1.54) is 16.9 Å². The van der Waals surface area contributed by atoms with Crippen LogP contribution in [0.25, 0.3) is 0 Å². The standard InChI is InChI=1S/C23H33N5O/c1-18-6-4-5-7-20(18)28-11-10-24-23(17-28)25-19-8-9-22(29-3)21(16-19)27-14-12-26(2)13-15-27/h4-9,16,23-25H,10-15,17H2,1-3H3. The SMILES string of the molecule is COc1ccc(NC2CN(c3ccccc3C)CCN2)cc1N1CCN(C)CC1. The van der Waals surface area contributed by atoms with Crippen LogP contribution in [0.3, 0.4) is 0 Å². The van der Waals surface area contributed by atoms with Crippen molar-refractivity contribution in [1.29, 1.82) is 0 Å². The Morgan fingerprint density at radius 3 is 2.52 bits per heavy atom. The normalized spacial score (nSPS) is 20.6. The van der Waals surface area contributed by atoms with Gasteiger partial charge in [0.1, 0.15) is 5.75 Å². The van der Waals surface area contributed by atoms with Crippen molar-refractivity contribution in [2.45, 2.75) is 13.1 Å². The van der Waals surface area contributed by atoms with E-state index >= 15 is 0 Å². The lowest BCUT2D eigenvalue weighted by Crippen LogP contribution is -2.54. The molecule has 0 amide bonds. The van der Waals surface area contributed by atoms with E-state index in [9.17, 15) is 0 Å². The van der Waals surface area contributed by atoms with Gasteiger partial charge in [-0.1, -0.05) is 18.2 Å². The smallest absolute Gasteiger partial charge is 0.142 e. The van der Waals surface area contributed by atoms with Gasteiger partial charge in [0.15, 0.2) is 0 Å². The molecule has 2 aromatic rings. The number of hydrogen-bond acceptors (Lipinski definition) is 6. The summed E-state index contributed by atoms with van der Waals surface area (Å²) >= 11 is 0. The van der Waals surface area contributed by atoms with Crippen LogP contribution in [0.4, 0.5) is 17.1 Å². The van der Waals surface area contributed by atoms with Crippen LogP contribution in [0.5, 0.6) is 5.75 Å². The number of methoxy groups -OCH3 is 1. The number of piperazine rings is 2. The van der Waals surface area contributed by atoms with Crippen LogP contribution in [-0.2, 0) is 0 Å². The molecule has 2 aliphatic heterocycles. The number of anilines is 3. The van der Waals surface area contributed by atoms with E-state index < -0.39 is 0 Å². The molecule has 0 aromatic heterocycles. The summed E-state index contributed by atoms with van der Waals surface area (Å²) in [4.78, 5) is 7.27. The molecule has 0 radical (unpaired) electrons. The Morgan fingerprint density at radius 2 is 1.76 bits per heavy atom. The molecule has 6 nitrogen and oxygen atoms in total. The lowest BCUT2D eigenvalue weighted by atomic mass is 10.1. The minimum atomic E-state index is 0.206. The number of nitrogens with zero attached hydrogens (tertiary/aromatic N) is 3.